The largest absolute Gasteiger partial charge is 0.487 e. The van der Waals surface area contributed by atoms with E-state index >= 15 is 0 Å². The van der Waals surface area contributed by atoms with Crippen molar-refractivity contribution in [2.45, 2.75) is 0 Å². The van der Waals surface area contributed by atoms with E-state index in [0.717, 1.165) is 0 Å². The van der Waals surface area contributed by atoms with Crippen molar-refractivity contribution < 1.29 is 18.9 Å². The molecule has 1 aliphatic heterocycles. The Kier molecular flexibility index (Phi) is 4.04. The average molecular weight is 272 g/mol. The molecule has 0 unspecified atom stereocenters. The third kappa shape index (κ3) is 3.03. The summed E-state index contributed by atoms with van der Waals surface area (Å²) in [6.07, 6.45) is 0. The quantitative estimate of drug-likeness (QED) is 0.737. The van der Waals surface area contributed by atoms with Gasteiger partial charge in [0.1, 0.15) is 13.2 Å². The van der Waals surface area contributed by atoms with Crippen molar-refractivity contribution in [3.63, 3.8) is 0 Å². The van der Waals surface area contributed by atoms with Crippen LogP contribution in [0.25, 0.3) is 0 Å². The van der Waals surface area contributed by atoms with Crippen LogP contribution in [0.5, 0.6) is 23.0 Å². The lowest BCUT2D eigenvalue weighted by Crippen LogP contribution is -2.13. The highest BCUT2D eigenvalue weighted by Gasteiger charge is 2.10. The van der Waals surface area contributed by atoms with Crippen molar-refractivity contribution in [2.24, 2.45) is 0 Å². The molecule has 0 spiro atoms. The second-order valence-corrected chi connectivity index (χ2v) is 4.30. The second kappa shape index (κ2) is 6.30. The lowest BCUT2D eigenvalue weighted by Gasteiger charge is -2.16. The van der Waals surface area contributed by atoms with Crippen molar-refractivity contribution >= 4 is 0 Å². The van der Waals surface area contributed by atoms with Gasteiger partial charge in [-0.1, -0.05) is 24.3 Å². The van der Waals surface area contributed by atoms with Gasteiger partial charge in [0.2, 0.25) is 0 Å². The van der Waals surface area contributed by atoms with Crippen LogP contribution in [0.3, 0.4) is 0 Å². The maximum atomic E-state index is 5.92. The van der Waals surface area contributed by atoms with E-state index in [2.05, 4.69) is 0 Å². The molecule has 0 saturated carbocycles. The van der Waals surface area contributed by atoms with E-state index in [1.54, 1.807) is 0 Å². The van der Waals surface area contributed by atoms with Gasteiger partial charge in [-0.05, 0) is 24.3 Å². The van der Waals surface area contributed by atoms with E-state index in [1.165, 1.54) is 0 Å². The van der Waals surface area contributed by atoms with Crippen molar-refractivity contribution in [1.29, 1.82) is 0 Å². The third-order valence-corrected chi connectivity index (χ3v) is 2.89. The summed E-state index contributed by atoms with van der Waals surface area (Å²) in [6, 6.07) is 15.2. The minimum atomic E-state index is 0.488. The van der Waals surface area contributed by atoms with Crippen molar-refractivity contribution in [2.75, 3.05) is 26.4 Å². The summed E-state index contributed by atoms with van der Waals surface area (Å²) < 4.78 is 22.7. The first kappa shape index (κ1) is 12.8. The Morgan fingerprint density at radius 3 is 1.50 bits per heavy atom. The Morgan fingerprint density at radius 1 is 0.550 bits per heavy atom. The third-order valence-electron chi connectivity index (χ3n) is 2.89. The molecule has 2 aromatic rings. The van der Waals surface area contributed by atoms with Gasteiger partial charge in [0, 0.05) is 0 Å². The van der Waals surface area contributed by atoms with Crippen LogP contribution in [0.15, 0.2) is 48.5 Å². The molecule has 2 aromatic carbocycles. The first-order valence-electron chi connectivity index (χ1n) is 6.63. The highest BCUT2D eigenvalue weighted by molar-refractivity contribution is 5.47. The van der Waals surface area contributed by atoms with Crippen LogP contribution in [0.2, 0.25) is 0 Å². The van der Waals surface area contributed by atoms with Gasteiger partial charge in [-0.3, -0.25) is 0 Å². The zero-order valence-corrected chi connectivity index (χ0v) is 11.1. The summed E-state index contributed by atoms with van der Waals surface area (Å²) in [5.74, 6) is 2.74. The Labute approximate surface area is 117 Å². The molecule has 0 atom stereocenters. The van der Waals surface area contributed by atoms with Gasteiger partial charge in [0.05, 0.1) is 13.2 Å². The van der Waals surface area contributed by atoms with E-state index in [4.69, 9.17) is 18.9 Å². The maximum absolute atomic E-state index is 5.92. The van der Waals surface area contributed by atoms with Crippen LogP contribution in [0, 0.1) is 0 Å². The summed E-state index contributed by atoms with van der Waals surface area (Å²) in [7, 11) is 0. The zero-order valence-electron chi connectivity index (χ0n) is 11.1. The molecule has 0 N–H and O–H groups in total. The summed E-state index contributed by atoms with van der Waals surface area (Å²) >= 11 is 0. The molecule has 0 fully saturated rings. The van der Waals surface area contributed by atoms with Crippen LogP contribution in [-0.4, -0.2) is 26.4 Å². The Morgan fingerprint density at radius 2 is 1.00 bits per heavy atom. The highest BCUT2D eigenvalue weighted by Crippen LogP contribution is 2.36. The van der Waals surface area contributed by atoms with Crippen LogP contribution in [-0.2, 0) is 4.74 Å². The zero-order chi connectivity index (χ0) is 13.6. The van der Waals surface area contributed by atoms with Crippen LogP contribution < -0.4 is 14.2 Å². The standard InChI is InChI=1S/C16H16O4/c1-3-7-15-13(5-1)18-11-9-17-10-12-19-14-6-2-4-8-16(14)20-15/h1-8H,9-12H2. The number of para-hydroxylation sites is 4. The molecule has 4 heteroatoms. The molecule has 0 bridgehead atoms. The monoisotopic (exact) mass is 272 g/mol. The van der Waals surface area contributed by atoms with E-state index < -0.39 is 0 Å². The number of hydrogen-bond donors (Lipinski definition) is 0. The average Bonchev–Trinajstić information content (AvgIpc) is 2.48. The predicted octanol–water partition coefficient (Wildman–Crippen LogP) is 3.27. The minimum absolute atomic E-state index is 0.488. The highest BCUT2D eigenvalue weighted by atomic mass is 16.6. The summed E-state index contributed by atoms with van der Waals surface area (Å²) in [6.45, 7) is 2.03. The second-order valence-electron chi connectivity index (χ2n) is 4.30. The fourth-order valence-electron chi connectivity index (χ4n) is 1.95. The Bertz CT molecular complexity index is 518. The first-order chi connectivity index (χ1) is 9.93. The normalized spacial score (nSPS) is 15.2. The molecule has 0 aromatic heterocycles. The van der Waals surface area contributed by atoms with E-state index in [0.29, 0.717) is 49.4 Å². The van der Waals surface area contributed by atoms with Crippen LogP contribution in [0.1, 0.15) is 0 Å². The number of rotatable bonds is 0. The summed E-state index contributed by atoms with van der Waals surface area (Å²) in [4.78, 5) is 0. The van der Waals surface area contributed by atoms with Crippen molar-refractivity contribution in [3.05, 3.63) is 48.5 Å². The molecule has 0 aliphatic carbocycles. The maximum Gasteiger partial charge on any atom is 0.169 e. The lowest BCUT2D eigenvalue weighted by molar-refractivity contribution is 0.0737. The van der Waals surface area contributed by atoms with Crippen LogP contribution >= 0.6 is 0 Å². The van der Waals surface area contributed by atoms with Gasteiger partial charge in [0.25, 0.3) is 0 Å². The molecule has 0 amide bonds. The molecular weight excluding hydrogens is 256 g/mol. The molecule has 20 heavy (non-hydrogen) atoms. The first-order valence-corrected chi connectivity index (χ1v) is 6.63. The molecule has 4 nitrogen and oxygen atoms in total. The molecule has 3 rings (SSSR count). The Balaban J connectivity index is 1.93. The smallest absolute Gasteiger partial charge is 0.169 e. The molecule has 1 aliphatic rings. The molecular formula is C16H16O4. The number of fused-ring (bicyclic) bond motifs is 2. The predicted molar refractivity (Wildman–Crippen MR) is 74.8 cm³/mol. The van der Waals surface area contributed by atoms with Gasteiger partial charge in [-0.2, -0.15) is 0 Å². The van der Waals surface area contributed by atoms with Gasteiger partial charge in [0.15, 0.2) is 23.0 Å². The van der Waals surface area contributed by atoms with E-state index in [-0.39, 0.29) is 0 Å². The Hall–Kier alpha value is -2.20. The van der Waals surface area contributed by atoms with Crippen LogP contribution in [0.4, 0.5) is 0 Å². The van der Waals surface area contributed by atoms with E-state index in [1.807, 2.05) is 48.5 Å². The molecule has 0 radical (unpaired) electrons. The number of hydrogen-bond acceptors (Lipinski definition) is 4. The summed E-state index contributed by atoms with van der Waals surface area (Å²) in [5.41, 5.74) is 0. The SMILES string of the molecule is c1ccc2c(c1)OCCOCCOc1ccccc1O2. The molecule has 0 saturated heterocycles. The topological polar surface area (TPSA) is 36.9 Å². The lowest BCUT2D eigenvalue weighted by atomic mass is 10.3. The van der Waals surface area contributed by atoms with Gasteiger partial charge in [-0.15, -0.1) is 0 Å². The molecule has 1 heterocycles. The van der Waals surface area contributed by atoms with Crippen molar-refractivity contribution in [3.8, 4) is 23.0 Å². The fraction of sp³-hybridized carbons (Fsp3) is 0.250. The van der Waals surface area contributed by atoms with Crippen molar-refractivity contribution in [1.82, 2.24) is 0 Å². The number of benzene rings is 2. The number of ether oxygens (including phenoxy) is 4. The van der Waals surface area contributed by atoms with E-state index in [9.17, 15) is 0 Å². The minimum Gasteiger partial charge on any atom is -0.487 e. The molecule has 104 valence electrons. The van der Waals surface area contributed by atoms with Gasteiger partial charge in [-0.25, -0.2) is 0 Å². The van der Waals surface area contributed by atoms with Gasteiger partial charge >= 0.3 is 0 Å². The summed E-state index contributed by atoms with van der Waals surface area (Å²) in [5, 5.41) is 0. The fourth-order valence-corrected chi connectivity index (χ4v) is 1.95. The van der Waals surface area contributed by atoms with Gasteiger partial charge < -0.3 is 18.9 Å².